The highest BCUT2D eigenvalue weighted by atomic mass is 31.2. The van der Waals surface area contributed by atoms with Gasteiger partial charge in [0.25, 0.3) is 0 Å². The Morgan fingerprint density at radius 2 is 1.13 bits per heavy atom. The number of phosphoric acid groups is 1. The lowest BCUT2D eigenvalue weighted by Gasteiger charge is -2.19. The van der Waals surface area contributed by atoms with Crippen molar-refractivity contribution in [3.63, 3.8) is 0 Å². The number of carbonyl (C=O) groups is 3. The van der Waals surface area contributed by atoms with Gasteiger partial charge in [-0.3, -0.25) is 23.4 Å². The molecule has 3 N–H and O–H groups in total. The van der Waals surface area contributed by atoms with Gasteiger partial charge in [0, 0.05) is 25.8 Å². The maximum atomic E-state index is 12.6. The first kappa shape index (κ1) is 51.4. The molecular weight excluding hydrogens is 705 g/mol. The Bertz CT molecular complexity index is 1130. The van der Waals surface area contributed by atoms with Gasteiger partial charge in [-0.15, -0.1) is 0 Å². The van der Waals surface area contributed by atoms with Crippen molar-refractivity contribution < 1.29 is 42.4 Å². The lowest BCUT2D eigenvalue weighted by molar-refractivity contribution is -0.161. The number of carbonyl (C=O) groups excluding carboxylic acids is 3. The van der Waals surface area contributed by atoms with Gasteiger partial charge in [0.05, 0.1) is 13.2 Å². The highest BCUT2D eigenvalue weighted by molar-refractivity contribution is 7.47. The van der Waals surface area contributed by atoms with Crippen molar-refractivity contribution in [3.8, 4) is 0 Å². The van der Waals surface area contributed by atoms with Gasteiger partial charge in [-0.2, -0.15) is 0 Å². The van der Waals surface area contributed by atoms with E-state index in [1.807, 2.05) is 12.2 Å². The van der Waals surface area contributed by atoms with Crippen LogP contribution >= 0.6 is 7.82 Å². The maximum Gasteiger partial charge on any atom is 0.472 e. The molecule has 0 radical (unpaired) electrons. The van der Waals surface area contributed by atoms with Gasteiger partial charge in [-0.1, -0.05) is 126 Å². The Labute approximate surface area is 327 Å². The SMILES string of the molecule is CCCCC/C=C\C=C\C(=O)CCCCCCCC(=O)O[C@H](COC(=O)CCCCCC/C=C\C/C=C\C/C=C\CCCCC)COP(=O)(O)OCCN. The van der Waals surface area contributed by atoms with Crippen LogP contribution in [0.5, 0.6) is 0 Å². The molecule has 0 aromatic heterocycles. The standard InChI is InChI=1S/C43H74NO9P/c1-3-5-7-9-11-12-13-14-15-16-17-18-19-20-22-26-30-34-42(46)50-38-41(39-52-54(48,49)51-37-36-44)53-43(47)35-31-27-23-25-29-33-40(45)32-28-24-21-10-8-6-4-2/h11-12,14-15,17-18,21,24,28,32,41H,3-10,13,16,19-20,22-23,25-27,29-31,33-39,44H2,1-2H3,(H,48,49)/b12-11-,15-14-,18-17-,24-21-,32-28+/t41-/m1/s1. The van der Waals surface area contributed by atoms with Crippen LogP contribution in [0.1, 0.15) is 162 Å². The Morgan fingerprint density at radius 1 is 0.611 bits per heavy atom. The summed E-state index contributed by atoms with van der Waals surface area (Å²) >= 11 is 0. The fourth-order valence-electron chi connectivity index (χ4n) is 5.21. The average Bonchev–Trinajstić information content (AvgIpc) is 3.15. The highest BCUT2D eigenvalue weighted by Gasteiger charge is 2.26. The molecule has 1 unspecified atom stereocenters. The van der Waals surface area contributed by atoms with Crippen molar-refractivity contribution in [2.75, 3.05) is 26.4 Å². The largest absolute Gasteiger partial charge is 0.472 e. The summed E-state index contributed by atoms with van der Waals surface area (Å²) in [5, 5.41) is 0. The summed E-state index contributed by atoms with van der Waals surface area (Å²) in [5.74, 6) is -0.840. The summed E-state index contributed by atoms with van der Waals surface area (Å²) in [7, 11) is -4.41. The zero-order valence-corrected chi connectivity index (χ0v) is 34.6. The normalized spacial score (nSPS) is 13.9. The van der Waals surface area contributed by atoms with Crippen LogP contribution in [0.2, 0.25) is 0 Å². The predicted octanol–water partition coefficient (Wildman–Crippen LogP) is 10.9. The van der Waals surface area contributed by atoms with Crippen molar-refractivity contribution in [2.45, 2.75) is 168 Å². The first-order valence-electron chi connectivity index (χ1n) is 20.7. The lowest BCUT2D eigenvalue weighted by Crippen LogP contribution is -2.29. The molecule has 0 aliphatic rings. The first-order chi connectivity index (χ1) is 26.2. The number of ether oxygens (including phenoxy) is 2. The van der Waals surface area contributed by atoms with E-state index in [0.717, 1.165) is 70.6 Å². The Balaban J connectivity index is 4.32. The van der Waals surface area contributed by atoms with Crippen LogP contribution in [0.4, 0.5) is 0 Å². The van der Waals surface area contributed by atoms with Crippen molar-refractivity contribution in [1.29, 1.82) is 0 Å². The second-order valence-corrected chi connectivity index (χ2v) is 15.0. The number of hydrogen-bond acceptors (Lipinski definition) is 9. The van der Waals surface area contributed by atoms with Gasteiger partial charge >= 0.3 is 19.8 Å². The lowest BCUT2D eigenvalue weighted by atomic mass is 10.1. The molecule has 0 aliphatic heterocycles. The Hall–Kier alpha value is -2.62. The monoisotopic (exact) mass is 780 g/mol. The summed E-state index contributed by atoms with van der Waals surface area (Å²) in [6.45, 7) is 3.47. The van der Waals surface area contributed by atoms with E-state index < -0.39 is 32.5 Å². The molecule has 0 saturated carbocycles. The third-order valence-corrected chi connectivity index (χ3v) is 9.34. The zero-order valence-electron chi connectivity index (χ0n) is 33.7. The van der Waals surface area contributed by atoms with Crippen LogP contribution in [0.3, 0.4) is 0 Å². The molecule has 10 nitrogen and oxygen atoms in total. The van der Waals surface area contributed by atoms with Gasteiger partial charge in [0.1, 0.15) is 6.61 Å². The minimum atomic E-state index is -4.41. The van der Waals surface area contributed by atoms with Crippen molar-refractivity contribution >= 4 is 25.5 Å². The van der Waals surface area contributed by atoms with E-state index in [2.05, 4.69) is 56.4 Å². The Morgan fingerprint density at radius 3 is 1.74 bits per heavy atom. The average molecular weight is 780 g/mol. The molecule has 0 saturated heterocycles. The number of ketones is 1. The van der Waals surface area contributed by atoms with E-state index in [1.54, 1.807) is 6.08 Å². The molecule has 0 amide bonds. The highest BCUT2D eigenvalue weighted by Crippen LogP contribution is 2.43. The van der Waals surface area contributed by atoms with E-state index in [1.165, 1.54) is 44.9 Å². The summed E-state index contributed by atoms with van der Waals surface area (Å²) in [4.78, 5) is 46.8. The maximum absolute atomic E-state index is 12.6. The summed E-state index contributed by atoms with van der Waals surface area (Å²) < 4.78 is 32.6. The fraction of sp³-hybridized carbons (Fsp3) is 0.698. The van der Waals surface area contributed by atoms with E-state index >= 15 is 0 Å². The van der Waals surface area contributed by atoms with Crippen LogP contribution in [-0.4, -0.2) is 55.1 Å². The zero-order chi connectivity index (χ0) is 39.8. The van der Waals surface area contributed by atoms with Crippen molar-refractivity contribution in [1.82, 2.24) is 0 Å². The molecule has 11 heteroatoms. The minimum Gasteiger partial charge on any atom is -0.462 e. The molecule has 0 rings (SSSR count). The second kappa shape index (κ2) is 38.6. The van der Waals surface area contributed by atoms with Crippen LogP contribution in [0.15, 0.2) is 60.8 Å². The topological polar surface area (TPSA) is 151 Å². The summed E-state index contributed by atoms with van der Waals surface area (Å²) in [6, 6.07) is 0. The second-order valence-electron chi connectivity index (χ2n) is 13.5. The number of unbranched alkanes of at least 4 members (excludes halogenated alkanes) is 14. The minimum absolute atomic E-state index is 0.0278. The summed E-state index contributed by atoms with van der Waals surface area (Å²) in [6.07, 6.45) is 40.7. The third-order valence-electron chi connectivity index (χ3n) is 8.35. The van der Waals surface area contributed by atoms with Crippen molar-refractivity contribution in [2.24, 2.45) is 5.73 Å². The van der Waals surface area contributed by atoms with Gasteiger partial charge < -0.3 is 20.1 Å². The fourth-order valence-corrected chi connectivity index (χ4v) is 5.97. The number of phosphoric ester groups is 1. The number of hydrogen-bond donors (Lipinski definition) is 2. The number of nitrogens with two attached hydrogens (primary N) is 1. The molecule has 0 spiro atoms. The number of esters is 2. The van der Waals surface area contributed by atoms with Crippen LogP contribution in [-0.2, 0) is 37.5 Å². The first-order valence-corrected chi connectivity index (χ1v) is 22.2. The number of rotatable bonds is 38. The van der Waals surface area contributed by atoms with E-state index in [4.69, 9.17) is 24.3 Å². The molecule has 54 heavy (non-hydrogen) atoms. The van der Waals surface area contributed by atoms with Gasteiger partial charge in [0.2, 0.25) is 0 Å². The summed E-state index contributed by atoms with van der Waals surface area (Å²) in [5.41, 5.74) is 5.33. The molecule has 0 bridgehead atoms. The third kappa shape index (κ3) is 37.7. The molecule has 0 fully saturated rings. The van der Waals surface area contributed by atoms with Crippen LogP contribution in [0.25, 0.3) is 0 Å². The van der Waals surface area contributed by atoms with Crippen LogP contribution in [0, 0.1) is 0 Å². The van der Waals surface area contributed by atoms with Crippen molar-refractivity contribution in [3.05, 3.63) is 60.8 Å². The van der Waals surface area contributed by atoms with E-state index in [9.17, 15) is 23.8 Å². The smallest absolute Gasteiger partial charge is 0.462 e. The van der Waals surface area contributed by atoms with E-state index in [0.29, 0.717) is 19.3 Å². The molecule has 0 aromatic rings. The molecule has 310 valence electrons. The number of allylic oxidation sites excluding steroid dienone is 10. The molecule has 2 atom stereocenters. The van der Waals surface area contributed by atoms with Gasteiger partial charge in [-0.25, -0.2) is 4.57 Å². The Kier molecular flexibility index (Phi) is 36.8. The van der Waals surface area contributed by atoms with Crippen LogP contribution < -0.4 is 5.73 Å². The van der Waals surface area contributed by atoms with Gasteiger partial charge in [0.15, 0.2) is 11.9 Å². The molecule has 0 aliphatic carbocycles. The quantitative estimate of drug-likeness (QED) is 0.0155. The molecule has 0 aromatic carbocycles. The predicted molar refractivity (Wildman–Crippen MR) is 220 cm³/mol. The van der Waals surface area contributed by atoms with Gasteiger partial charge in [-0.05, 0) is 76.7 Å². The molecule has 0 heterocycles. The van der Waals surface area contributed by atoms with E-state index in [-0.39, 0.29) is 38.4 Å². The molecular formula is C43H74NO9P.